The molecule has 3 nitrogen and oxygen atoms in total. The van der Waals surface area contributed by atoms with Gasteiger partial charge in [0.1, 0.15) is 5.69 Å². The fraction of sp³-hybridized carbons (Fsp3) is 0.286. The van der Waals surface area contributed by atoms with Crippen molar-refractivity contribution < 1.29 is 4.73 Å². The van der Waals surface area contributed by atoms with E-state index in [-0.39, 0.29) is 0 Å². The first-order valence-corrected chi connectivity index (χ1v) is 3.08. The third-order valence-corrected chi connectivity index (χ3v) is 1.55. The molecular formula is C7H10N2O. The lowest BCUT2D eigenvalue weighted by atomic mass is 10.3. The van der Waals surface area contributed by atoms with Gasteiger partial charge in [0, 0.05) is 19.9 Å². The lowest BCUT2D eigenvalue weighted by Crippen LogP contribution is -2.34. The topological polar surface area (TPSA) is 53.0 Å². The third kappa shape index (κ3) is 0.900. The number of aryl methyl sites for hydroxylation is 1. The van der Waals surface area contributed by atoms with Crippen LogP contribution in [0.2, 0.25) is 0 Å². The van der Waals surface area contributed by atoms with E-state index in [1.54, 1.807) is 26.0 Å². The molecule has 0 bridgehead atoms. The molecule has 3 heteroatoms. The van der Waals surface area contributed by atoms with Crippen LogP contribution in [-0.4, -0.2) is 0 Å². The third-order valence-electron chi connectivity index (χ3n) is 1.55. The van der Waals surface area contributed by atoms with Crippen molar-refractivity contribution in [2.75, 3.05) is 5.73 Å². The Bertz CT molecular complexity index is 231. The van der Waals surface area contributed by atoms with Gasteiger partial charge in [-0.05, 0) is 6.07 Å². The van der Waals surface area contributed by atoms with E-state index in [0.717, 1.165) is 4.73 Å². The zero-order valence-corrected chi connectivity index (χ0v) is 6.09. The second kappa shape index (κ2) is 2.17. The van der Waals surface area contributed by atoms with E-state index in [4.69, 9.17) is 5.73 Å². The number of rotatable bonds is 0. The lowest BCUT2D eigenvalue weighted by Gasteiger charge is -2.04. The summed E-state index contributed by atoms with van der Waals surface area (Å²) in [7, 11) is 0. The average Bonchev–Trinajstić information content (AvgIpc) is 1.93. The van der Waals surface area contributed by atoms with Crippen LogP contribution in [0.4, 0.5) is 5.69 Å². The number of hydrogen-bond donors (Lipinski definition) is 1. The van der Waals surface area contributed by atoms with E-state index in [0.29, 0.717) is 17.1 Å². The Kier molecular flexibility index (Phi) is 1.49. The Morgan fingerprint density at radius 2 is 2.00 bits per heavy atom. The highest BCUT2D eigenvalue weighted by molar-refractivity contribution is 5.39. The Morgan fingerprint density at radius 1 is 1.40 bits per heavy atom. The molecule has 0 amide bonds. The van der Waals surface area contributed by atoms with Gasteiger partial charge in [0.15, 0.2) is 5.69 Å². The Morgan fingerprint density at radius 3 is 2.50 bits per heavy atom. The number of pyridine rings is 1. The number of nitrogens with zero attached hydrogens (tertiary/aromatic N) is 1. The van der Waals surface area contributed by atoms with E-state index in [9.17, 15) is 5.21 Å². The first kappa shape index (κ1) is 6.86. The van der Waals surface area contributed by atoms with Gasteiger partial charge in [0.2, 0.25) is 5.69 Å². The van der Waals surface area contributed by atoms with Crippen LogP contribution in [0.3, 0.4) is 0 Å². The fourth-order valence-corrected chi connectivity index (χ4v) is 0.780. The van der Waals surface area contributed by atoms with Crippen molar-refractivity contribution >= 4 is 5.69 Å². The van der Waals surface area contributed by atoms with Crippen molar-refractivity contribution in [2.45, 2.75) is 13.8 Å². The van der Waals surface area contributed by atoms with Gasteiger partial charge in [0.25, 0.3) is 0 Å². The van der Waals surface area contributed by atoms with Gasteiger partial charge >= 0.3 is 0 Å². The summed E-state index contributed by atoms with van der Waals surface area (Å²) in [5, 5.41) is 11.0. The van der Waals surface area contributed by atoms with Crippen LogP contribution in [0.5, 0.6) is 0 Å². The molecule has 0 saturated carbocycles. The van der Waals surface area contributed by atoms with Crippen LogP contribution in [-0.2, 0) is 0 Å². The number of nitrogen functional groups attached to an aromatic ring is 1. The maximum Gasteiger partial charge on any atom is 0.212 e. The van der Waals surface area contributed by atoms with Crippen molar-refractivity contribution in [3.05, 3.63) is 28.7 Å². The molecule has 0 aliphatic heterocycles. The molecule has 2 N–H and O–H groups in total. The molecule has 1 heterocycles. The first-order chi connectivity index (χ1) is 4.63. The molecule has 0 aliphatic rings. The summed E-state index contributed by atoms with van der Waals surface area (Å²) in [5.41, 5.74) is 7.25. The number of hydrogen-bond acceptors (Lipinski definition) is 2. The molecule has 0 saturated heterocycles. The van der Waals surface area contributed by atoms with Gasteiger partial charge in [-0.3, -0.25) is 0 Å². The first-order valence-electron chi connectivity index (χ1n) is 3.08. The molecule has 0 atom stereocenters. The van der Waals surface area contributed by atoms with Gasteiger partial charge < -0.3 is 10.9 Å². The van der Waals surface area contributed by atoms with Gasteiger partial charge in [-0.2, -0.15) is 4.73 Å². The molecule has 0 radical (unpaired) electrons. The maximum absolute atomic E-state index is 11.0. The van der Waals surface area contributed by atoms with E-state index in [1.807, 2.05) is 0 Å². The predicted octanol–water partition coefficient (Wildman–Crippen LogP) is 0.519. The molecule has 0 unspecified atom stereocenters. The highest BCUT2D eigenvalue weighted by atomic mass is 16.5. The second-order valence-electron chi connectivity index (χ2n) is 2.31. The molecule has 0 aliphatic carbocycles. The normalized spacial score (nSPS) is 9.80. The van der Waals surface area contributed by atoms with Gasteiger partial charge in [-0.1, -0.05) is 0 Å². The van der Waals surface area contributed by atoms with Crippen molar-refractivity contribution in [1.29, 1.82) is 0 Å². The molecule has 0 spiro atoms. The van der Waals surface area contributed by atoms with Crippen molar-refractivity contribution in [2.24, 2.45) is 0 Å². The van der Waals surface area contributed by atoms with Crippen LogP contribution >= 0.6 is 0 Å². The minimum absolute atomic E-state index is 0.542. The van der Waals surface area contributed by atoms with Gasteiger partial charge in [-0.15, -0.1) is 0 Å². The largest absolute Gasteiger partial charge is 0.618 e. The SMILES string of the molecule is Cc1ccc(N)c(C)[n+]1[O-]. The average molecular weight is 138 g/mol. The molecule has 1 rings (SSSR count). The monoisotopic (exact) mass is 138 g/mol. The molecule has 0 fully saturated rings. The van der Waals surface area contributed by atoms with E-state index in [1.165, 1.54) is 0 Å². The summed E-state index contributed by atoms with van der Waals surface area (Å²) in [5.74, 6) is 0. The van der Waals surface area contributed by atoms with Gasteiger partial charge in [-0.25, -0.2) is 0 Å². The molecule has 1 aromatic rings. The minimum atomic E-state index is 0.542. The lowest BCUT2D eigenvalue weighted by molar-refractivity contribution is -0.618. The van der Waals surface area contributed by atoms with Crippen LogP contribution in [0.15, 0.2) is 12.1 Å². The zero-order chi connectivity index (χ0) is 7.72. The highest BCUT2D eigenvalue weighted by Gasteiger charge is 2.05. The van der Waals surface area contributed by atoms with Crippen LogP contribution in [0.25, 0.3) is 0 Å². The second-order valence-corrected chi connectivity index (χ2v) is 2.31. The van der Waals surface area contributed by atoms with E-state index < -0.39 is 0 Å². The summed E-state index contributed by atoms with van der Waals surface area (Å²) in [6, 6.07) is 3.44. The van der Waals surface area contributed by atoms with Crippen LogP contribution in [0, 0.1) is 19.1 Å². The number of aromatic nitrogens is 1. The maximum atomic E-state index is 11.0. The molecular weight excluding hydrogens is 128 g/mol. The molecule has 1 aromatic heterocycles. The number of anilines is 1. The van der Waals surface area contributed by atoms with Crippen LogP contribution in [0.1, 0.15) is 11.4 Å². The minimum Gasteiger partial charge on any atom is -0.618 e. The quantitative estimate of drug-likeness (QED) is 0.419. The summed E-state index contributed by atoms with van der Waals surface area (Å²) in [4.78, 5) is 0. The summed E-state index contributed by atoms with van der Waals surface area (Å²) >= 11 is 0. The molecule has 0 aromatic carbocycles. The van der Waals surface area contributed by atoms with Crippen molar-refractivity contribution in [3.63, 3.8) is 0 Å². The Balaban J connectivity index is 3.34. The molecule has 10 heavy (non-hydrogen) atoms. The Labute approximate surface area is 59.7 Å². The smallest absolute Gasteiger partial charge is 0.212 e. The van der Waals surface area contributed by atoms with E-state index in [2.05, 4.69) is 0 Å². The predicted molar refractivity (Wildman–Crippen MR) is 39.3 cm³/mol. The van der Waals surface area contributed by atoms with Gasteiger partial charge in [0.05, 0.1) is 0 Å². The van der Waals surface area contributed by atoms with E-state index >= 15 is 0 Å². The zero-order valence-electron chi connectivity index (χ0n) is 6.09. The summed E-state index contributed by atoms with van der Waals surface area (Å²) < 4.78 is 0.829. The van der Waals surface area contributed by atoms with Crippen molar-refractivity contribution in [3.8, 4) is 0 Å². The highest BCUT2D eigenvalue weighted by Crippen LogP contribution is 2.04. The standard InChI is InChI=1S/C7H10N2O/c1-5-3-4-7(8)6(2)9(5)10/h3-4H,8H2,1-2H3. The van der Waals surface area contributed by atoms with Crippen molar-refractivity contribution in [1.82, 2.24) is 0 Å². The summed E-state index contributed by atoms with van der Waals surface area (Å²) in [6.07, 6.45) is 0. The van der Waals surface area contributed by atoms with Crippen LogP contribution < -0.4 is 10.5 Å². The fourth-order valence-electron chi connectivity index (χ4n) is 0.780. The molecule has 54 valence electrons. The summed E-state index contributed by atoms with van der Waals surface area (Å²) in [6.45, 7) is 3.45. The number of nitrogens with two attached hydrogens (primary N) is 1. The Hall–Kier alpha value is -1.25.